The molecule has 1 aliphatic rings. The number of aryl methyl sites for hydroxylation is 1. The van der Waals surface area contributed by atoms with E-state index in [2.05, 4.69) is 23.9 Å². The summed E-state index contributed by atoms with van der Waals surface area (Å²) in [5, 5.41) is 0. The van der Waals surface area contributed by atoms with Crippen LogP contribution in [0.25, 0.3) is 0 Å². The predicted octanol–water partition coefficient (Wildman–Crippen LogP) is 2.21. The molecule has 0 aliphatic heterocycles. The van der Waals surface area contributed by atoms with Crippen LogP contribution in [0.3, 0.4) is 0 Å². The van der Waals surface area contributed by atoms with Gasteiger partial charge in [-0.3, -0.25) is 0 Å². The van der Waals surface area contributed by atoms with Gasteiger partial charge in [-0.05, 0) is 37.3 Å². The highest BCUT2D eigenvalue weighted by Crippen LogP contribution is 2.28. The smallest absolute Gasteiger partial charge is 0.131 e. The van der Waals surface area contributed by atoms with Gasteiger partial charge in [-0.1, -0.05) is 6.42 Å². The lowest BCUT2D eigenvalue weighted by atomic mass is 9.85. The van der Waals surface area contributed by atoms with Crippen molar-refractivity contribution in [3.63, 3.8) is 0 Å². The SMILES string of the molecule is Cc1cc(N)cnc1N(C)CC1CCC1. The molecular formula is C12H19N3. The fourth-order valence-electron chi connectivity index (χ4n) is 2.14. The van der Waals surface area contributed by atoms with Crippen molar-refractivity contribution in [1.29, 1.82) is 0 Å². The molecule has 0 spiro atoms. The highest BCUT2D eigenvalue weighted by molar-refractivity contribution is 5.52. The van der Waals surface area contributed by atoms with Gasteiger partial charge in [-0.2, -0.15) is 0 Å². The average Bonchev–Trinajstić information content (AvgIpc) is 2.11. The van der Waals surface area contributed by atoms with Crippen molar-refractivity contribution in [2.75, 3.05) is 24.2 Å². The zero-order valence-corrected chi connectivity index (χ0v) is 9.53. The van der Waals surface area contributed by atoms with Gasteiger partial charge in [0.1, 0.15) is 5.82 Å². The van der Waals surface area contributed by atoms with Crippen molar-refractivity contribution >= 4 is 11.5 Å². The Morgan fingerprint density at radius 3 is 2.80 bits per heavy atom. The Hall–Kier alpha value is -1.25. The molecule has 0 atom stereocenters. The average molecular weight is 205 g/mol. The van der Waals surface area contributed by atoms with Crippen molar-refractivity contribution in [3.8, 4) is 0 Å². The molecule has 0 saturated heterocycles. The molecule has 1 heterocycles. The van der Waals surface area contributed by atoms with Crippen LogP contribution in [-0.2, 0) is 0 Å². The highest BCUT2D eigenvalue weighted by Gasteiger charge is 2.20. The maximum atomic E-state index is 5.69. The molecule has 1 aromatic heterocycles. The summed E-state index contributed by atoms with van der Waals surface area (Å²) in [7, 11) is 2.11. The molecule has 2 N–H and O–H groups in total. The summed E-state index contributed by atoms with van der Waals surface area (Å²) in [6.45, 7) is 3.19. The van der Waals surface area contributed by atoms with Gasteiger partial charge < -0.3 is 10.6 Å². The minimum atomic E-state index is 0.744. The number of anilines is 2. The van der Waals surface area contributed by atoms with E-state index in [9.17, 15) is 0 Å². The summed E-state index contributed by atoms with van der Waals surface area (Å²) >= 11 is 0. The Balaban J connectivity index is 2.06. The number of aromatic nitrogens is 1. The van der Waals surface area contributed by atoms with Crippen molar-refractivity contribution < 1.29 is 0 Å². The van der Waals surface area contributed by atoms with Crippen molar-refractivity contribution in [3.05, 3.63) is 17.8 Å². The second-order valence-electron chi connectivity index (χ2n) is 4.59. The van der Waals surface area contributed by atoms with E-state index in [1.165, 1.54) is 19.3 Å². The fraction of sp³-hybridized carbons (Fsp3) is 0.583. The first-order valence-corrected chi connectivity index (χ1v) is 5.60. The largest absolute Gasteiger partial charge is 0.397 e. The van der Waals surface area contributed by atoms with Gasteiger partial charge in [0.25, 0.3) is 0 Å². The number of hydrogen-bond acceptors (Lipinski definition) is 3. The maximum absolute atomic E-state index is 5.69. The minimum Gasteiger partial charge on any atom is -0.397 e. The van der Waals surface area contributed by atoms with Gasteiger partial charge in [0, 0.05) is 13.6 Å². The third-order valence-corrected chi connectivity index (χ3v) is 3.19. The number of nitrogens with zero attached hydrogens (tertiary/aromatic N) is 2. The van der Waals surface area contributed by atoms with E-state index in [-0.39, 0.29) is 0 Å². The molecule has 0 unspecified atom stereocenters. The number of nitrogen functional groups attached to an aromatic ring is 1. The summed E-state index contributed by atoms with van der Waals surface area (Å²) < 4.78 is 0. The molecule has 0 radical (unpaired) electrons. The first-order valence-electron chi connectivity index (χ1n) is 5.60. The van der Waals surface area contributed by atoms with Crippen LogP contribution in [0.2, 0.25) is 0 Å². The Morgan fingerprint density at radius 1 is 1.53 bits per heavy atom. The van der Waals surface area contributed by atoms with Gasteiger partial charge in [0.05, 0.1) is 11.9 Å². The number of pyridine rings is 1. The summed E-state index contributed by atoms with van der Waals surface area (Å²) in [6.07, 6.45) is 5.88. The summed E-state index contributed by atoms with van der Waals surface area (Å²) in [5.74, 6) is 1.94. The summed E-state index contributed by atoms with van der Waals surface area (Å²) in [4.78, 5) is 6.64. The molecular weight excluding hydrogens is 186 g/mol. The molecule has 82 valence electrons. The van der Waals surface area contributed by atoms with Crippen molar-refractivity contribution in [1.82, 2.24) is 4.98 Å². The van der Waals surface area contributed by atoms with Crippen LogP contribution in [0, 0.1) is 12.8 Å². The quantitative estimate of drug-likeness (QED) is 0.822. The van der Waals surface area contributed by atoms with E-state index < -0.39 is 0 Å². The van der Waals surface area contributed by atoms with Gasteiger partial charge in [-0.15, -0.1) is 0 Å². The number of hydrogen-bond donors (Lipinski definition) is 1. The fourth-order valence-corrected chi connectivity index (χ4v) is 2.14. The Bertz CT molecular complexity index is 345. The first-order chi connectivity index (χ1) is 7.16. The lowest BCUT2D eigenvalue weighted by molar-refractivity contribution is 0.321. The van der Waals surface area contributed by atoms with E-state index in [4.69, 9.17) is 5.73 Å². The lowest BCUT2D eigenvalue weighted by Crippen LogP contribution is -2.30. The van der Waals surface area contributed by atoms with Crippen LogP contribution in [-0.4, -0.2) is 18.6 Å². The molecule has 2 rings (SSSR count). The highest BCUT2D eigenvalue weighted by atomic mass is 15.2. The zero-order chi connectivity index (χ0) is 10.8. The molecule has 0 amide bonds. The standard InChI is InChI=1S/C12H19N3/c1-9-6-11(13)7-14-12(9)15(2)8-10-4-3-5-10/h6-7,10H,3-5,8,13H2,1-2H3. The second-order valence-corrected chi connectivity index (χ2v) is 4.59. The van der Waals surface area contributed by atoms with Gasteiger partial charge >= 0.3 is 0 Å². The van der Waals surface area contributed by atoms with E-state index in [1.54, 1.807) is 6.20 Å². The number of nitrogens with two attached hydrogens (primary N) is 1. The predicted molar refractivity (Wildman–Crippen MR) is 64.0 cm³/mol. The molecule has 0 bridgehead atoms. The molecule has 1 fully saturated rings. The van der Waals surface area contributed by atoms with Crippen LogP contribution in [0.4, 0.5) is 11.5 Å². The van der Waals surface area contributed by atoms with E-state index >= 15 is 0 Å². The van der Waals surface area contributed by atoms with E-state index in [1.807, 2.05) is 6.07 Å². The second kappa shape index (κ2) is 4.09. The molecule has 1 aliphatic carbocycles. The molecule has 0 aromatic carbocycles. The van der Waals surface area contributed by atoms with Crippen molar-refractivity contribution in [2.24, 2.45) is 5.92 Å². The van der Waals surface area contributed by atoms with Crippen LogP contribution in [0.5, 0.6) is 0 Å². The normalized spacial score (nSPS) is 16.1. The monoisotopic (exact) mass is 205 g/mol. The van der Waals surface area contributed by atoms with E-state index in [0.717, 1.165) is 29.5 Å². The molecule has 3 nitrogen and oxygen atoms in total. The zero-order valence-electron chi connectivity index (χ0n) is 9.53. The maximum Gasteiger partial charge on any atom is 0.131 e. The Kier molecular flexibility index (Phi) is 2.80. The van der Waals surface area contributed by atoms with Crippen LogP contribution < -0.4 is 10.6 Å². The first kappa shape index (κ1) is 10.3. The lowest BCUT2D eigenvalue weighted by Gasteiger charge is -2.31. The molecule has 15 heavy (non-hydrogen) atoms. The van der Waals surface area contributed by atoms with E-state index in [0.29, 0.717) is 0 Å². The van der Waals surface area contributed by atoms with Crippen molar-refractivity contribution in [2.45, 2.75) is 26.2 Å². The van der Waals surface area contributed by atoms with Gasteiger partial charge in [-0.25, -0.2) is 4.98 Å². The van der Waals surface area contributed by atoms with Crippen LogP contribution in [0.1, 0.15) is 24.8 Å². The topological polar surface area (TPSA) is 42.1 Å². The summed E-state index contributed by atoms with van der Waals surface area (Å²) in [5.41, 5.74) is 7.59. The minimum absolute atomic E-state index is 0.744. The van der Waals surface area contributed by atoms with Crippen LogP contribution >= 0.6 is 0 Å². The van der Waals surface area contributed by atoms with Gasteiger partial charge in [0.2, 0.25) is 0 Å². The molecule has 1 aromatic rings. The van der Waals surface area contributed by atoms with Gasteiger partial charge in [0.15, 0.2) is 0 Å². The molecule has 1 saturated carbocycles. The third kappa shape index (κ3) is 2.22. The Morgan fingerprint density at radius 2 is 2.27 bits per heavy atom. The third-order valence-electron chi connectivity index (χ3n) is 3.19. The summed E-state index contributed by atoms with van der Waals surface area (Å²) in [6, 6.07) is 1.99. The van der Waals surface area contributed by atoms with Crippen LogP contribution in [0.15, 0.2) is 12.3 Å². The Labute approximate surface area is 91.3 Å². The number of rotatable bonds is 3. The molecule has 3 heteroatoms.